The third-order valence-corrected chi connectivity index (χ3v) is 5.46. The number of nitrogen functional groups attached to an aromatic ring is 1. The molecule has 1 aromatic carbocycles. The van der Waals surface area contributed by atoms with E-state index in [0.29, 0.717) is 52.8 Å². The third-order valence-electron chi connectivity index (χ3n) is 4.72. The Morgan fingerprint density at radius 2 is 2.10 bits per heavy atom. The van der Waals surface area contributed by atoms with Gasteiger partial charge in [0.25, 0.3) is 0 Å². The highest BCUT2D eigenvalue weighted by Crippen LogP contribution is 2.27. The SMILES string of the molecule is CC(C)(C)OC(=O)N1CCC[C@@H](CNc2nc(Nc3ccc(Cl)c(Cl)c3)ncc2N)C1. The number of rotatable bonds is 5. The minimum absolute atomic E-state index is 0.266. The summed E-state index contributed by atoms with van der Waals surface area (Å²) >= 11 is 12.0. The summed E-state index contributed by atoms with van der Waals surface area (Å²) < 4.78 is 5.50. The quantitative estimate of drug-likeness (QED) is 0.557. The number of benzene rings is 1. The molecule has 0 unspecified atom stereocenters. The molecular weight excluding hydrogens is 439 g/mol. The number of nitrogens with one attached hydrogen (secondary N) is 2. The number of nitrogens with two attached hydrogens (primary N) is 1. The zero-order chi connectivity index (χ0) is 22.6. The van der Waals surface area contributed by atoms with Gasteiger partial charge < -0.3 is 26.0 Å². The Morgan fingerprint density at radius 3 is 2.81 bits per heavy atom. The first-order valence-corrected chi connectivity index (χ1v) is 10.9. The van der Waals surface area contributed by atoms with E-state index in [1.54, 1.807) is 29.3 Å². The molecule has 2 aromatic rings. The fourth-order valence-corrected chi connectivity index (χ4v) is 3.56. The van der Waals surface area contributed by atoms with Gasteiger partial charge in [-0.05, 0) is 57.7 Å². The highest BCUT2D eigenvalue weighted by Gasteiger charge is 2.27. The number of piperidine rings is 1. The molecule has 31 heavy (non-hydrogen) atoms. The van der Waals surface area contributed by atoms with E-state index in [2.05, 4.69) is 20.6 Å². The van der Waals surface area contributed by atoms with Gasteiger partial charge in [0, 0.05) is 25.3 Å². The highest BCUT2D eigenvalue weighted by atomic mass is 35.5. The van der Waals surface area contributed by atoms with Crippen molar-refractivity contribution in [3.63, 3.8) is 0 Å². The lowest BCUT2D eigenvalue weighted by Crippen LogP contribution is -2.44. The van der Waals surface area contributed by atoms with Crippen molar-refractivity contribution >= 4 is 52.4 Å². The van der Waals surface area contributed by atoms with Crippen molar-refractivity contribution in [1.29, 1.82) is 0 Å². The molecule has 1 aliphatic rings. The molecule has 0 aliphatic carbocycles. The molecule has 8 nitrogen and oxygen atoms in total. The molecule has 0 bridgehead atoms. The molecule has 0 spiro atoms. The van der Waals surface area contributed by atoms with E-state index in [9.17, 15) is 4.79 Å². The molecule has 3 rings (SSSR count). The fourth-order valence-electron chi connectivity index (χ4n) is 3.26. The van der Waals surface area contributed by atoms with Crippen LogP contribution in [0.5, 0.6) is 0 Å². The van der Waals surface area contributed by atoms with Crippen molar-refractivity contribution in [1.82, 2.24) is 14.9 Å². The topological polar surface area (TPSA) is 105 Å². The number of aromatic nitrogens is 2. The maximum absolute atomic E-state index is 12.4. The molecule has 0 saturated carbocycles. The van der Waals surface area contributed by atoms with E-state index in [0.717, 1.165) is 12.8 Å². The highest BCUT2D eigenvalue weighted by molar-refractivity contribution is 6.42. The predicted octanol–water partition coefficient (Wildman–Crippen LogP) is 5.17. The van der Waals surface area contributed by atoms with Gasteiger partial charge in [-0.1, -0.05) is 23.2 Å². The van der Waals surface area contributed by atoms with Crippen LogP contribution in [0.1, 0.15) is 33.6 Å². The van der Waals surface area contributed by atoms with E-state index < -0.39 is 5.60 Å². The van der Waals surface area contributed by atoms with E-state index in [1.807, 2.05) is 20.8 Å². The molecule has 1 amide bonds. The lowest BCUT2D eigenvalue weighted by Gasteiger charge is -2.34. The van der Waals surface area contributed by atoms with Crippen molar-refractivity contribution in [3.05, 3.63) is 34.4 Å². The molecule has 10 heteroatoms. The van der Waals surface area contributed by atoms with Gasteiger partial charge in [0.05, 0.1) is 21.9 Å². The molecule has 168 valence electrons. The van der Waals surface area contributed by atoms with Crippen LogP contribution in [0.25, 0.3) is 0 Å². The molecule has 1 atom stereocenters. The molecule has 1 aliphatic heterocycles. The van der Waals surface area contributed by atoms with E-state index >= 15 is 0 Å². The smallest absolute Gasteiger partial charge is 0.410 e. The standard InChI is InChI=1S/C21H28Cl2N6O2/c1-21(2,3)31-20(30)29-8-4-5-13(12-29)10-25-18-17(24)11-26-19(28-18)27-14-6-7-15(22)16(23)9-14/h6-7,9,11,13H,4-5,8,10,12,24H2,1-3H3,(H2,25,26,27,28)/t13-/m0/s1. The Balaban J connectivity index is 1.60. The molecule has 0 radical (unpaired) electrons. The Hall–Kier alpha value is -2.45. The number of hydrogen-bond acceptors (Lipinski definition) is 7. The number of amides is 1. The molecule has 1 aromatic heterocycles. The van der Waals surface area contributed by atoms with Gasteiger partial charge >= 0.3 is 6.09 Å². The van der Waals surface area contributed by atoms with Crippen LogP contribution in [0.2, 0.25) is 10.0 Å². The number of halogens is 2. The van der Waals surface area contributed by atoms with Gasteiger partial charge in [-0.3, -0.25) is 0 Å². The number of anilines is 4. The molecular formula is C21H28Cl2N6O2. The van der Waals surface area contributed by atoms with Crippen molar-refractivity contribution in [2.24, 2.45) is 5.92 Å². The predicted molar refractivity (Wildman–Crippen MR) is 125 cm³/mol. The van der Waals surface area contributed by atoms with E-state index in [-0.39, 0.29) is 12.0 Å². The van der Waals surface area contributed by atoms with Crippen molar-refractivity contribution in [2.45, 2.75) is 39.2 Å². The number of ether oxygens (including phenoxy) is 1. The second kappa shape index (κ2) is 9.78. The van der Waals surface area contributed by atoms with Gasteiger partial charge in [0.15, 0.2) is 5.82 Å². The Morgan fingerprint density at radius 1 is 1.32 bits per heavy atom. The van der Waals surface area contributed by atoms with Crippen molar-refractivity contribution in [3.8, 4) is 0 Å². The van der Waals surface area contributed by atoms with E-state index in [4.69, 9.17) is 33.7 Å². The molecule has 1 saturated heterocycles. The van der Waals surface area contributed by atoms with Crippen LogP contribution >= 0.6 is 23.2 Å². The number of carbonyl (C=O) groups is 1. The summed E-state index contributed by atoms with van der Waals surface area (Å²) in [7, 11) is 0. The van der Waals surface area contributed by atoms with Crippen LogP contribution in [0.15, 0.2) is 24.4 Å². The first-order chi connectivity index (χ1) is 14.6. The lowest BCUT2D eigenvalue weighted by molar-refractivity contribution is 0.0172. The summed E-state index contributed by atoms with van der Waals surface area (Å²) in [5, 5.41) is 7.30. The largest absolute Gasteiger partial charge is 0.444 e. The number of hydrogen-bond donors (Lipinski definition) is 3. The maximum atomic E-state index is 12.4. The summed E-state index contributed by atoms with van der Waals surface area (Å²) in [5.74, 6) is 1.18. The first-order valence-electron chi connectivity index (χ1n) is 10.2. The summed E-state index contributed by atoms with van der Waals surface area (Å²) in [6.45, 7) is 7.58. The van der Waals surface area contributed by atoms with Gasteiger partial charge in [0.1, 0.15) is 5.60 Å². The zero-order valence-electron chi connectivity index (χ0n) is 17.9. The fraction of sp³-hybridized carbons (Fsp3) is 0.476. The minimum Gasteiger partial charge on any atom is -0.444 e. The second-order valence-corrected chi connectivity index (χ2v) is 9.38. The van der Waals surface area contributed by atoms with Gasteiger partial charge in [-0.2, -0.15) is 4.98 Å². The van der Waals surface area contributed by atoms with Gasteiger partial charge in [0.2, 0.25) is 5.95 Å². The van der Waals surface area contributed by atoms with Crippen LogP contribution < -0.4 is 16.4 Å². The van der Waals surface area contributed by atoms with Crippen LogP contribution in [0.4, 0.5) is 27.9 Å². The Bertz CT molecular complexity index is 935. The van der Waals surface area contributed by atoms with Gasteiger partial charge in [-0.25, -0.2) is 9.78 Å². The van der Waals surface area contributed by atoms with Crippen LogP contribution in [0.3, 0.4) is 0 Å². The number of carbonyl (C=O) groups excluding carboxylic acids is 1. The summed E-state index contributed by atoms with van der Waals surface area (Å²) in [4.78, 5) is 22.8. The van der Waals surface area contributed by atoms with E-state index in [1.165, 1.54) is 0 Å². The molecule has 4 N–H and O–H groups in total. The van der Waals surface area contributed by atoms with Crippen LogP contribution in [0, 0.1) is 5.92 Å². The normalized spacial score (nSPS) is 16.7. The average molecular weight is 467 g/mol. The lowest BCUT2D eigenvalue weighted by atomic mass is 9.98. The third kappa shape index (κ3) is 6.77. The second-order valence-electron chi connectivity index (χ2n) is 8.57. The summed E-state index contributed by atoms with van der Waals surface area (Å²) in [6.07, 6.45) is 3.20. The molecule has 1 fully saturated rings. The first kappa shape index (κ1) is 23.2. The summed E-state index contributed by atoms with van der Waals surface area (Å²) in [5.41, 5.74) is 6.70. The Labute approximate surface area is 192 Å². The van der Waals surface area contributed by atoms with Crippen molar-refractivity contribution in [2.75, 3.05) is 36.0 Å². The van der Waals surface area contributed by atoms with Crippen molar-refractivity contribution < 1.29 is 9.53 Å². The van der Waals surface area contributed by atoms with Crippen LogP contribution in [-0.2, 0) is 4.74 Å². The number of nitrogens with zero attached hydrogens (tertiary/aromatic N) is 3. The van der Waals surface area contributed by atoms with Crippen LogP contribution in [-0.4, -0.2) is 46.2 Å². The van der Waals surface area contributed by atoms with Gasteiger partial charge in [-0.15, -0.1) is 0 Å². The maximum Gasteiger partial charge on any atom is 0.410 e. The minimum atomic E-state index is -0.505. The summed E-state index contributed by atoms with van der Waals surface area (Å²) in [6, 6.07) is 5.18. The zero-order valence-corrected chi connectivity index (χ0v) is 19.4. The molecule has 2 heterocycles. The Kier molecular flexibility index (Phi) is 7.33. The number of likely N-dealkylation sites (tertiary alicyclic amines) is 1. The monoisotopic (exact) mass is 466 g/mol. The average Bonchev–Trinajstić information content (AvgIpc) is 2.70.